The van der Waals surface area contributed by atoms with Crippen LogP contribution in [0.15, 0.2) is 47.5 Å². The van der Waals surface area contributed by atoms with E-state index in [9.17, 15) is 0 Å². The number of benzene rings is 2. The molecule has 0 radical (unpaired) electrons. The number of aliphatic imine (C=N–C) groups is 1. The molecule has 3 rings (SSSR count). The molecule has 4 heteroatoms. The number of halogens is 1. The molecular weight excluding hydrogens is 447 g/mol. The van der Waals surface area contributed by atoms with Crippen molar-refractivity contribution in [2.75, 3.05) is 18.6 Å². The van der Waals surface area contributed by atoms with Crippen molar-refractivity contribution in [3.63, 3.8) is 0 Å². The molecule has 1 aliphatic heterocycles. The van der Waals surface area contributed by atoms with E-state index in [4.69, 9.17) is 9.73 Å². The highest BCUT2D eigenvalue weighted by atomic mass is 127. The first kappa shape index (κ1) is 19.9. The number of fused-ring (bicyclic) bond motifs is 1. The number of para-hydroxylation sites is 1. The first-order valence-electron chi connectivity index (χ1n) is 9.35. The summed E-state index contributed by atoms with van der Waals surface area (Å²) in [4.78, 5) is 7.17. The van der Waals surface area contributed by atoms with Crippen LogP contribution in [0, 0.1) is 3.57 Å². The first-order valence-corrected chi connectivity index (χ1v) is 10.4. The van der Waals surface area contributed by atoms with E-state index in [2.05, 4.69) is 79.5 Å². The first-order chi connectivity index (χ1) is 12.9. The van der Waals surface area contributed by atoms with Crippen LogP contribution in [0.1, 0.15) is 45.2 Å². The molecule has 0 bridgehead atoms. The van der Waals surface area contributed by atoms with Gasteiger partial charge in [0.2, 0.25) is 0 Å². The van der Waals surface area contributed by atoms with Gasteiger partial charge < -0.3 is 9.64 Å². The van der Waals surface area contributed by atoms with E-state index in [-0.39, 0.29) is 5.54 Å². The van der Waals surface area contributed by atoms with Gasteiger partial charge in [-0.25, -0.2) is 0 Å². The average molecular weight is 474 g/mol. The van der Waals surface area contributed by atoms with Crippen molar-refractivity contribution in [1.29, 1.82) is 0 Å². The lowest BCUT2D eigenvalue weighted by atomic mass is 9.87. The van der Waals surface area contributed by atoms with Crippen molar-refractivity contribution in [2.24, 2.45) is 4.99 Å². The van der Waals surface area contributed by atoms with Gasteiger partial charge in [0, 0.05) is 39.2 Å². The van der Waals surface area contributed by atoms with E-state index in [1.807, 2.05) is 24.4 Å². The van der Waals surface area contributed by atoms with Crippen LogP contribution in [0.3, 0.4) is 0 Å². The van der Waals surface area contributed by atoms with Gasteiger partial charge in [-0.3, -0.25) is 4.99 Å². The predicted molar refractivity (Wildman–Crippen MR) is 125 cm³/mol. The van der Waals surface area contributed by atoms with E-state index in [0.29, 0.717) is 0 Å². The van der Waals surface area contributed by atoms with Gasteiger partial charge in [-0.2, -0.15) is 0 Å². The lowest BCUT2D eigenvalue weighted by Gasteiger charge is -2.43. The second kappa shape index (κ2) is 8.05. The summed E-state index contributed by atoms with van der Waals surface area (Å²) in [6, 6.07) is 12.5. The van der Waals surface area contributed by atoms with E-state index >= 15 is 0 Å². The van der Waals surface area contributed by atoms with E-state index in [0.717, 1.165) is 33.5 Å². The van der Waals surface area contributed by atoms with Crippen molar-refractivity contribution in [1.82, 2.24) is 0 Å². The summed E-state index contributed by atoms with van der Waals surface area (Å²) in [5.74, 6) is 0.857. The molecular formula is C23H27IN2O. The maximum atomic E-state index is 5.72. The Morgan fingerprint density at radius 1 is 1.22 bits per heavy atom. The summed E-state index contributed by atoms with van der Waals surface area (Å²) < 4.78 is 6.86. The maximum Gasteiger partial charge on any atom is 0.129 e. The second-order valence-corrected chi connectivity index (χ2v) is 8.62. The zero-order chi connectivity index (χ0) is 19.6. The fourth-order valence-corrected chi connectivity index (χ4v) is 4.25. The maximum absolute atomic E-state index is 5.72. The van der Waals surface area contributed by atoms with Gasteiger partial charge >= 0.3 is 0 Å². The van der Waals surface area contributed by atoms with Crippen LogP contribution in [0.25, 0.3) is 5.57 Å². The quantitative estimate of drug-likeness (QED) is 0.367. The largest absolute Gasteiger partial charge is 0.496 e. The summed E-state index contributed by atoms with van der Waals surface area (Å²) in [6.45, 7) is 9.98. The topological polar surface area (TPSA) is 24.8 Å². The molecule has 1 heterocycles. The summed E-state index contributed by atoms with van der Waals surface area (Å²) in [6.07, 6.45) is 5.38. The number of rotatable bonds is 5. The van der Waals surface area contributed by atoms with Gasteiger partial charge in [-0.1, -0.05) is 25.1 Å². The Morgan fingerprint density at radius 3 is 2.63 bits per heavy atom. The summed E-state index contributed by atoms with van der Waals surface area (Å²) in [5.41, 5.74) is 5.76. The van der Waals surface area contributed by atoms with Crippen molar-refractivity contribution >= 4 is 45.8 Å². The third-order valence-electron chi connectivity index (χ3n) is 4.97. The van der Waals surface area contributed by atoms with Crippen LogP contribution in [-0.2, 0) is 0 Å². The van der Waals surface area contributed by atoms with Crippen molar-refractivity contribution < 1.29 is 4.74 Å². The zero-order valence-electron chi connectivity index (χ0n) is 16.7. The SMILES string of the molecule is CCCN1c2cc(OC)c(C=Nc3ccccc3I)cc2C(C)=CC1(C)C. The Hall–Kier alpha value is -1.82. The molecule has 0 fully saturated rings. The lowest BCUT2D eigenvalue weighted by Crippen LogP contribution is -2.45. The molecule has 2 aromatic rings. The molecule has 3 nitrogen and oxygen atoms in total. The normalized spacial score (nSPS) is 15.6. The van der Waals surface area contributed by atoms with E-state index in [1.54, 1.807) is 7.11 Å². The monoisotopic (exact) mass is 474 g/mol. The summed E-state index contributed by atoms with van der Waals surface area (Å²) >= 11 is 2.31. The number of hydrogen-bond donors (Lipinski definition) is 0. The van der Waals surface area contributed by atoms with Crippen LogP contribution < -0.4 is 9.64 Å². The molecule has 1 aliphatic rings. The predicted octanol–water partition coefficient (Wildman–Crippen LogP) is 6.46. The van der Waals surface area contributed by atoms with Gasteiger partial charge in [-0.15, -0.1) is 0 Å². The molecule has 0 aliphatic carbocycles. The van der Waals surface area contributed by atoms with Crippen LogP contribution in [0.4, 0.5) is 11.4 Å². The molecule has 142 valence electrons. The summed E-state index contributed by atoms with van der Waals surface area (Å²) in [5, 5.41) is 0. The molecule has 0 atom stereocenters. The molecule has 27 heavy (non-hydrogen) atoms. The highest BCUT2D eigenvalue weighted by molar-refractivity contribution is 14.1. The van der Waals surface area contributed by atoms with Crippen LogP contribution in [-0.4, -0.2) is 25.4 Å². The smallest absolute Gasteiger partial charge is 0.129 e. The van der Waals surface area contributed by atoms with Gasteiger partial charge in [0.25, 0.3) is 0 Å². The number of hydrogen-bond acceptors (Lipinski definition) is 3. The fourth-order valence-electron chi connectivity index (χ4n) is 3.73. The Bertz CT molecular complexity index is 899. The van der Waals surface area contributed by atoms with Gasteiger partial charge in [0.05, 0.1) is 18.3 Å². The molecule has 2 aromatic carbocycles. The molecule has 0 spiro atoms. The Balaban J connectivity index is 2.09. The van der Waals surface area contributed by atoms with Crippen molar-refractivity contribution in [3.8, 4) is 5.75 Å². The Morgan fingerprint density at radius 2 is 1.96 bits per heavy atom. The second-order valence-electron chi connectivity index (χ2n) is 7.45. The minimum atomic E-state index is -0.00609. The van der Waals surface area contributed by atoms with Gasteiger partial charge in [0.1, 0.15) is 5.75 Å². The summed E-state index contributed by atoms with van der Waals surface area (Å²) in [7, 11) is 1.73. The molecule has 0 N–H and O–H groups in total. The third-order valence-corrected chi connectivity index (χ3v) is 5.88. The molecule has 0 saturated carbocycles. The molecule has 0 aromatic heterocycles. The van der Waals surface area contributed by atoms with Crippen LogP contribution in [0.5, 0.6) is 5.75 Å². The number of anilines is 1. The number of allylic oxidation sites excluding steroid dienone is 1. The highest BCUT2D eigenvalue weighted by Gasteiger charge is 2.31. The van der Waals surface area contributed by atoms with E-state index in [1.165, 1.54) is 16.8 Å². The van der Waals surface area contributed by atoms with Crippen LogP contribution in [0.2, 0.25) is 0 Å². The van der Waals surface area contributed by atoms with Gasteiger partial charge in [-0.05, 0) is 73.6 Å². The molecule has 0 amide bonds. The fraction of sp³-hybridized carbons (Fsp3) is 0.348. The minimum Gasteiger partial charge on any atom is -0.496 e. The minimum absolute atomic E-state index is 0.00609. The van der Waals surface area contributed by atoms with Crippen molar-refractivity contribution in [3.05, 3.63) is 57.2 Å². The van der Waals surface area contributed by atoms with E-state index < -0.39 is 0 Å². The number of nitrogens with zero attached hydrogens (tertiary/aromatic N) is 2. The highest BCUT2D eigenvalue weighted by Crippen LogP contribution is 2.42. The number of methoxy groups -OCH3 is 1. The lowest BCUT2D eigenvalue weighted by molar-refractivity contribution is 0.413. The molecule has 0 unspecified atom stereocenters. The third kappa shape index (κ3) is 4.05. The Kier molecular flexibility index (Phi) is 5.94. The Labute approximate surface area is 176 Å². The van der Waals surface area contributed by atoms with Gasteiger partial charge in [0.15, 0.2) is 0 Å². The van der Waals surface area contributed by atoms with Crippen LogP contribution >= 0.6 is 22.6 Å². The zero-order valence-corrected chi connectivity index (χ0v) is 18.9. The average Bonchev–Trinajstić information content (AvgIpc) is 2.63. The number of ether oxygens (including phenoxy) is 1. The van der Waals surface area contributed by atoms with Crippen molar-refractivity contribution in [2.45, 2.75) is 39.7 Å². The standard InChI is InChI=1S/C23H27IN2O/c1-6-11-26-21-13-22(27-5)17(12-18(21)16(2)14-23(26,3)4)15-25-20-10-8-7-9-19(20)24/h7-10,12-15H,6,11H2,1-5H3. The molecule has 0 saturated heterocycles.